The zero-order valence-corrected chi connectivity index (χ0v) is 15.6. The van der Waals surface area contributed by atoms with Crippen molar-refractivity contribution in [3.8, 4) is 0 Å². The fraction of sp³-hybridized carbons (Fsp3) is 0.455. The molecule has 4 rings (SSSR count). The number of carbonyl (C=O) groups is 1. The van der Waals surface area contributed by atoms with Gasteiger partial charge in [0.05, 0.1) is 0 Å². The molecule has 1 aromatic carbocycles. The number of nitrogens with zero attached hydrogens (tertiary/aromatic N) is 2. The zero-order valence-electron chi connectivity index (χ0n) is 15.6. The van der Waals surface area contributed by atoms with Crippen LogP contribution in [0.15, 0.2) is 53.5 Å². The largest absolute Gasteiger partial charge is 0.337 e. The third-order valence-electron chi connectivity index (χ3n) is 6.01. The molecule has 1 unspecified atom stereocenters. The standard InChI is InChI=1S/C22H27N3O2/c26-21-14-19(8-11-23-21)18-9-12-24(13-10-18)20-6-7-22(27)25(16-20)15-17-4-2-1-3-5-17/h1-5,8,11,14,18,20H,6-7,9-10,12-13,15-16H2,(H,23,26). The molecular formula is C22H27N3O2. The molecule has 0 saturated carbocycles. The van der Waals surface area contributed by atoms with Crippen molar-refractivity contribution >= 4 is 5.91 Å². The molecule has 3 heterocycles. The molecule has 5 heteroatoms. The molecule has 2 aliphatic rings. The Labute approximate surface area is 160 Å². The predicted octanol–water partition coefficient (Wildman–Crippen LogP) is 2.75. The smallest absolute Gasteiger partial charge is 0.248 e. The van der Waals surface area contributed by atoms with E-state index < -0.39 is 0 Å². The number of aromatic amines is 1. The highest BCUT2D eigenvalue weighted by Gasteiger charge is 2.32. The van der Waals surface area contributed by atoms with Gasteiger partial charge >= 0.3 is 0 Å². The lowest BCUT2D eigenvalue weighted by molar-refractivity contribution is -0.136. The van der Waals surface area contributed by atoms with Crippen molar-refractivity contribution in [3.63, 3.8) is 0 Å². The molecule has 2 aromatic rings. The summed E-state index contributed by atoms with van der Waals surface area (Å²) in [5.74, 6) is 0.739. The molecule has 2 fully saturated rings. The van der Waals surface area contributed by atoms with Crippen LogP contribution in [0.4, 0.5) is 0 Å². The first-order chi connectivity index (χ1) is 13.2. The topological polar surface area (TPSA) is 56.4 Å². The lowest BCUT2D eigenvalue weighted by Crippen LogP contribution is -2.51. The van der Waals surface area contributed by atoms with Crippen LogP contribution in [0.2, 0.25) is 0 Å². The van der Waals surface area contributed by atoms with Crippen LogP contribution >= 0.6 is 0 Å². The van der Waals surface area contributed by atoms with E-state index in [0.29, 0.717) is 24.9 Å². The molecule has 2 aliphatic heterocycles. The van der Waals surface area contributed by atoms with Crippen molar-refractivity contribution in [1.29, 1.82) is 0 Å². The fourth-order valence-electron chi connectivity index (χ4n) is 4.46. The Balaban J connectivity index is 1.35. The van der Waals surface area contributed by atoms with E-state index in [1.807, 2.05) is 29.2 Å². The van der Waals surface area contributed by atoms with Gasteiger partial charge in [0.15, 0.2) is 0 Å². The van der Waals surface area contributed by atoms with E-state index in [0.717, 1.165) is 44.5 Å². The van der Waals surface area contributed by atoms with Gasteiger partial charge in [-0.05, 0) is 55.5 Å². The van der Waals surface area contributed by atoms with E-state index in [9.17, 15) is 9.59 Å². The van der Waals surface area contributed by atoms with Crippen LogP contribution in [0.3, 0.4) is 0 Å². The van der Waals surface area contributed by atoms with Crippen molar-refractivity contribution in [2.45, 2.75) is 44.2 Å². The minimum absolute atomic E-state index is 0.0164. The maximum Gasteiger partial charge on any atom is 0.248 e. The average Bonchev–Trinajstić information content (AvgIpc) is 2.71. The number of rotatable bonds is 4. The van der Waals surface area contributed by atoms with Gasteiger partial charge < -0.3 is 9.88 Å². The first-order valence-corrected chi connectivity index (χ1v) is 9.93. The molecule has 0 aliphatic carbocycles. The summed E-state index contributed by atoms with van der Waals surface area (Å²) in [6.45, 7) is 3.60. The van der Waals surface area contributed by atoms with Crippen molar-refractivity contribution in [1.82, 2.24) is 14.8 Å². The van der Waals surface area contributed by atoms with E-state index in [-0.39, 0.29) is 11.5 Å². The number of nitrogens with one attached hydrogen (secondary N) is 1. The predicted molar refractivity (Wildman–Crippen MR) is 105 cm³/mol. The number of pyridine rings is 1. The Kier molecular flexibility index (Phi) is 5.39. The number of piperidine rings is 2. The SMILES string of the molecule is O=C1CCC(N2CCC(c3cc[nH]c(=O)c3)CC2)CN1Cc1ccccc1. The number of amides is 1. The van der Waals surface area contributed by atoms with Gasteiger partial charge in [0.1, 0.15) is 0 Å². The summed E-state index contributed by atoms with van der Waals surface area (Å²) in [7, 11) is 0. The van der Waals surface area contributed by atoms with Gasteiger partial charge in [0, 0.05) is 37.8 Å². The number of carbonyl (C=O) groups excluding carboxylic acids is 1. The molecular weight excluding hydrogens is 338 g/mol. The van der Waals surface area contributed by atoms with Crippen LogP contribution in [0, 0.1) is 0 Å². The van der Waals surface area contributed by atoms with Gasteiger partial charge in [0.25, 0.3) is 0 Å². The van der Waals surface area contributed by atoms with Gasteiger partial charge in [0.2, 0.25) is 11.5 Å². The summed E-state index contributed by atoms with van der Waals surface area (Å²) in [5.41, 5.74) is 2.33. The summed E-state index contributed by atoms with van der Waals surface area (Å²) < 4.78 is 0. The second-order valence-electron chi connectivity index (χ2n) is 7.75. The van der Waals surface area contributed by atoms with Gasteiger partial charge in [-0.1, -0.05) is 30.3 Å². The highest BCUT2D eigenvalue weighted by molar-refractivity contribution is 5.77. The van der Waals surface area contributed by atoms with E-state index >= 15 is 0 Å². The molecule has 1 atom stereocenters. The van der Waals surface area contributed by atoms with Crippen LogP contribution in [-0.2, 0) is 11.3 Å². The molecule has 0 spiro atoms. The Hall–Kier alpha value is -2.40. The Morgan fingerprint density at radius 2 is 1.78 bits per heavy atom. The Morgan fingerprint density at radius 3 is 2.52 bits per heavy atom. The van der Waals surface area contributed by atoms with Crippen LogP contribution in [0.5, 0.6) is 0 Å². The minimum Gasteiger partial charge on any atom is -0.337 e. The summed E-state index contributed by atoms with van der Waals surface area (Å²) in [6, 6.07) is 14.5. The molecule has 1 N–H and O–H groups in total. The lowest BCUT2D eigenvalue weighted by Gasteiger charge is -2.42. The number of likely N-dealkylation sites (tertiary alicyclic amines) is 2. The first kappa shape index (κ1) is 18.0. The second-order valence-corrected chi connectivity index (χ2v) is 7.75. The van der Waals surface area contributed by atoms with E-state index in [4.69, 9.17) is 0 Å². The molecule has 27 heavy (non-hydrogen) atoms. The molecule has 1 aromatic heterocycles. The van der Waals surface area contributed by atoms with Gasteiger partial charge in [-0.15, -0.1) is 0 Å². The van der Waals surface area contributed by atoms with Gasteiger partial charge in [-0.3, -0.25) is 14.5 Å². The first-order valence-electron chi connectivity index (χ1n) is 9.93. The molecule has 5 nitrogen and oxygen atoms in total. The van der Waals surface area contributed by atoms with Gasteiger partial charge in [-0.2, -0.15) is 0 Å². The van der Waals surface area contributed by atoms with Crippen molar-refractivity contribution < 1.29 is 4.79 Å². The van der Waals surface area contributed by atoms with Crippen molar-refractivity contribution in [2.24, 2.45) is 0 Å². The summed E-state index contributed by atoms with van der Waals surface area (Å²) in [4.78, 5) is 31.2. The molecule has 0 bridgehead atoms. The summed E-state index contributed by atoms with van der Waals surface area (Å²) in [6.07, 6.45) is 5.50. The fourth-order valence-corrected chi connectivity index (χ4v) is 4.46. The third kappa shape index (κ3) is 4.30. The molecule has 142 valence electrons. The highest BCUT2D eigenvalue weighted by atomic mass is 16.2. The van der Waals surface area contributed by atoms with E-state index in [2.05, 4.69) is 22.0 Å². The molecule has 2 saturated heterocycles. The van der Waals surface area contributed by atoms with Crippen LogP contribution in [-0.4, -0.2) is 46.4 Å². The number of H-pyrrole nitrogens is 1. The molecule has 0 radical (unpaired) electrons. The Bertz CT molecular complexity index is 825. The molecule has 1 amide bonds. The highest BCUT2D eigenvalue weighted by Crippen LogP contribution is 2.30. The maximum absolute atomic E-state index is 12.4. The average molecular weight is 365 g/mol. The Morgan fingerprint density at radius 1 is 1.00 bits per heavy atom. The third-order valence-corrected chi connectivity index (χ3v) is 6.01. The summed E-state index contributed by atoms with van der Waals surface area (Å²) in [5, 5.41) is 0. The monoisotopic (exact) mass is 365 g/mol. The van der Waals surface area contributed by atoms with Crippen LogP contribution in [0.1, 0.15) is 42.7 Å². The lowest BCUT2D eigenvalue weighted by atomic mass is 9.88. The van der Waals surface area contributed by atoms with E-state index in [1.165, 1.54) is 5.56 Å². The van der Waals surface area contributed by atoms with Crippen LogP contribution in [0.25, 0.3) is 0 Å². The normalized spacial score (nSPS) is 22.1. The van der Waals surface area contributed by atoms with Crippen LogP contribution < -0.4 is 5.56 Å². The number of hydrogen-bond acceptors (Lipinski definition) is 3. The van der Waals surface area contributed by atoms with E-state index in [1.54, 1.807) is 12.3 Å². The summed E-state index contributed by atoms with van der Waals surface area (Å²) >= 11 is 0. The second kappa shape index (κ2) is 8.09. The zero-order chi connectivity index (χ0) is 18.6. The number of hydrogen-bond donors (Lipinski definition) is 1. The number of aromatic nitrogens is 1. The quantitative estimate of drug-likeness (QED) is 0.906. The minimum atomic E-state index is -0.0164. The van der Waals surface area contributed by atoms with Gasteiger partial charge in [-0.25, -0.2) is 0 Å². The van der Waals surface area contributed by atoms with Crippen molar-refractivity contribution in [3.05, 3.63) is 70.1 Å². The maximum atomic E-state index is 12.4. The van der Waals surface area contributed by atoms with Crippen molar-refractivity contribution in [2.75, 3.05) is 19.6 Å². The number of benzene rings is 1.